The SMILES string of the molecule is C[Si](Br)(I)c1ccccc1. The first kappa shape index (κ1) is 8.74. The maximum atomic E-state index is 3.71. The van der Waals surface area contributed by atoms with E-state index in [1.54, 1.807) is 0 Å². The van der Waals surface area contributed by atoms with E-state index >= 15 is 0 Å². The fraction of sp³-hybridized carbons (Fsp3) is 0.143. The van der Waals surface area contributed by atoms with E-state index in [0.717, 1.165) is 0 Å². The first-order valence-corrected chi connectivity index (χ1v) is 10.9. The number of hydrogen-bond donors (Lipinski definition) is 0. The van der Waals surface area contributed by atoms with Gasteiger partial charge in [-0.25, -0.2) is 0 Å². The van der Waals surface area contributed by atoms with Crippen molar-refractivity contribution in [2.45, 2.75) is 6.55 Å². The highest BCUT2D eigenvalue weighted by Crippen LogP contribution is 2.19. The topological polar surface area (TPSA) is 0 Å². The van der Waals surface area contributed by atoms with Crippen LogP contribution in [0.1, 0.15) is 0 Å². The summed E-state index contributed by atoms with van der Waals surface area (Å²) in [6.07, 6.45) is 0. The molecule has 0 radical (unpaired) electrons. The molecule has 0 bridgehead atoms. The van der Waals surface area contributed by atoms with Gasteiger partial charge in [-0.3, -0.25) is 0 Å². The molecule has 1 aromatic rings. The molecule has 0 aliphatic heterocycles. The van der Waals surface area contributed by atoms with Crippen molar-refractivity contribution in [1.29, 1.82) is 0 Å². The molecule has 0 spiro atoms. The summed E-state index contributed by atoms with van der Waals surface area (Å²) in [5.41, 5.74) is 0. The third-order valence-electron chi connectivity index (χ3n) is 1.28. The van der Waals surface area contributed by atoms with Crippen LogP contribution in [0.4, 0.5) is 0 Å². The molecule has 10 heavy (non-hydrogen) atoms. The Morgan fingerprint density at radius 1 is 1.30 bits per heavy atom. The van der Waals surface area contributed by atoms with Crippen molar-refractivity contribution in [3.63, 3.8) is 0 Å². The minimum atomic E-state index is -1.25. The third kappa shape index (κ3) is 2.36. The molecule has 0 heterocycles. The fourth-order valence-corrected chi connectivity index (χ4v) is 3.38. The van der Waals surface area contributed by atoms with Crippen molar-refractivity contribution in [1.82, 2.24) is 0 Å². The van der Waals surface area contributed by atoms with E-state index in [-0.39, 0.29) is 0 Å². The van der Waals surface area contributed by atoms with E-state index in [0.29, 0.717) is 0 Å². The molecule has 1 rings (SSSR count). The van der Waals surface area contributed by atoms with Gasteiger partial charge in [-0.1, -0.05) is 52.1 Å². The summed E-state index contributed by atoms with van der Waals surface area (Å²) in [5, 5.41) is 1.44. The normalized spacial score (nSPS) is 16.3. The van der Waals surface area contributed by atoms with Crippen LogP contribution in [-0.4, -0.2) is 4.19 Å². The Labute approximate surface area is 82.8 Å². The Hall–Kier alpha value is 0.647. The standard InChI is InChI=1S/C7H8BrISi/c1-10(8,9)7-5-3-2-4-6-7/h2-6H,1H3. The largest absolute Gasteiger partial charge is 0.222 e. The highest BCUT2D eigenvalue weighted by molar-refractivity contribution is 14.1. The zero-order valence-electron chi connectivity index (χ0n) is 5.64. The molecule has 0 saturated carbocycles. The van der Waals surface area contributed by atoms with Gasteiger partial charge in [0.2, 0.25) is 4.19 Å². The second-order valence-electron chi connectivity index (χ2n) is 2.25. The van der Waals surface area contributed by atoms with Gasteiger partial charge in [0.15, 0.2) is 0 Å². The molecule has 0 aliphatic carbocycles. The zero-order chi connectivity index (χ0) is 7.61. The molecular weight excluding hydrogens is 319 g/mol. The average molecular weight is 327 g/mol. The summed E-state index contributed by atoms with van der Waals surface area (Å²) in [5.74, 6) is 0. The molecule has 54 valence electrons. The molecule has 1 atom stereocenters. The van der Waals surface area contributed by atoms with Gasteiger partial charge in [-0.15, -0.1) is 15.3 Å². The van der Waals surface area contributed by atoms with Gasteiger partial charge in [0.25, 0.3) is 0 Å². The summed E-state index contributed by atoms with van der Waals surface area (Å²) >= 11 is 6.21. The number of benzene rings is 1. The van der Waals surface area contributed by atoms with Crippen LogP contribution in [0.25, 0.3) is 0 Å². The van der Waals surface area contributed by atoms with E-state index < -0.39 is 4.19 Å². The Morgan fingerprint density at radius 3 is 2.10 bits per heavy atom. The van der Waals surface area contributed by atoms with Gasteiger partial charge >= 0.3 is 0 Å². The van der Waals surface area contributed by atoms with E-state index in [9.17, 15) is 0 Å². The maximum absolute atomic E-state index is 3.71. The molecule has 0 nitrogen and oxygen atoms in total. The maximum Gasteiger partial charge on any atom is 0.222 e. The van der Waals surface area contributed by atoms with E-state index in [2.05, 4.69) is 67.9 Å². The highest BCUT2D eigenvalue weighted by atomic mass is 127. The summed E-state index contributed by atoms with van der Waals surface area (Å²) in [6.45, 7) is 2.27. The monoisotopic (exact) mass is 326 g/mol. The first-order chi connectivity index (χ1) is 4.61. The van der Waals surface area contributed by atoms with Crippen molar-refractivity contribution < 1.29 is 0 Å². The van der Waals surface area contributed by atoms with E-state index in [1.165, 1.54) is 5.19 Å². The molecular formula is C7H8BrISi. The van der Waals surface area contributed by atoms with Crippen LogP contribution in [0, 0.1) is 0 Å². The van der Waals surface area contributed by atoms with Gasteiger partial charge in [0, 0.05) is 0 Å². The van der Waals surface area contributed by atoms with Crippen LogP contribution in [0.5, 0.6) is 0 Å². The Balaban J connectivity index is 2.97. The second kappa shape index (κ2) is 3.36. The molecule has 0 amide bonds. The van der Waals surface area contributed by atoms with Crippen molar-refractivity contribution in [2.75, 3.05) is 0 Å². The Bertz CT molecular complexity index is 205. The summed E-state index contributed by atoms with van der Waals surface area (Å²) in [6, 6.07) is 10.6. The molecule has 0 aromatic heterocycles. The molecule has 3 heteroatoms. The average Bonchev–Trinajstić information content (AvgIpc) is 1.88. The van der Waals surface area contributed by atoms with Gasteiger partial charge in [-0.2, -0.15) is 0 Å². The Morgan fingerprint density at radius 2 is 1.80 bits per heavy atom. The lowest BCUT2D eigenvalue weighted by atomic mass is 10.4. The minimum Gasteiger partial charge on any atom is -0.106 e. The number of rotatable bonds is 1. The fourth-order valence-electron chi connectivity index (χ4n) is 0.731. The van der Waals surface area contributed by atoms with Crippen molar-refractivity contribution in [2.24, 2.45) is 0 Å². The van der Waals surface area contributed by atoms with Crippen molar-refractivity contribution in [3.05, 3.63) is 30.3 Å². The van der Waals surface area contributed by atoms with Crippen molar-refractivity contribution in [3.8, 4) is 0 Å². The second-order valence-corrected chi connectivity index (χ2v) is 20.3. The van der Waals surface area contributed by atoms with Crippen LogP contribution in [0.2, 0.25) is 6.55 Å². The summed E-state index contributed by atoms with van der Waals surface area (Å²) in [4.78, 5) is 0. The molecule has 0 fully saturated rings. The predicted molar refractivity (Wildman–Crippen MR) is 60.6 cm³/mol. The molecule has 1 aromatic carbocycles. The first-order valence-electron chi connectivity index (χ1n) is 3.04. The molecule has 0 N–H and O–H groups in total. The zero-order valence-corrected chi connectivity index (χ0v) is 10.4. The summed E-state index contributed by atoms with van der Waals surface area (Å²) < 4.78 is -1.25. The van der Waals surface area contributed by atoms with Crippen LogP contribution >= 0.6 is 37.1 Å². The van der Waals surface area contributed by atoms with Gasteiger partial charge < -0.3 is 0 Å². The quantitative estimate of drug-likeness (QED) is 0.423. The Kier molecular flexibility index (Phi) is 2.94. The van der Waals surface area contributed by atoms with Gasteiger partial charge in [0.1, 0.15) is 0 Å². The van der Waals surface area contributed by atoms with Gasteiger partial charge in [0.05, 0.1) is 0 Å². The minimum absolute atomic E-state index is 1.25. The van der Waals surface area contributed by atoms with Crippen molar-refractivity contribution >= 4 is 46.5 Å². The lowest BCUT2D eigenvalue weighted by Crippen LogP contribution is -2.30. The highest BCUT2D eigenvalue weighted by Gasteiger charge is 2.20. The van der Waals surface area contributed by atoms with Crippen LogP contribution in [-0.2, 0) is 0 Å². The summed E-state index contributed by atoms with van der Waals surface area (Å²) in [7, 11) is 0. The molecule has 1 unspecified atom stereocenters. The lowest BCUT2D eigenvalue weighted by Gasteiger charge is -2.10. The predicted octanol–water partition coefficient (Wildman–Crippen LogP) is 2.80. The van der Waals surface area contributed by atoms with E-state index in [4.69, 9.17) is 0 Å². The van der Waals surface area contributed by atoms with E-state index in [1.807, 2.05) is 6.07 Å². The number of halogens is 2. The number of hydrogen-bond acceptors (Lipinski definition) is 0. The van der Waals surface area contributed by atoms with Gasteiger partial charge in [-0.05, 0) is 11.7 Å². The smallest absolute Gasteiger partial charge is 0.106 e. The molecule has 0 saturated heterocycles. The van der Waals surface area contributed by atoms with Crippen LogP contribution in [0.3, 0.4) is 0 Å². The third-order valence-corrected chi connectivity index (χ3v) is 5.87. The molecule has 0 aliphatic rings. The lowest BCUT2D eigenvalue weighted by molar-refractivity contribution is 1.76. The van der Waals surface area contributed by atoms with Crippen LogP contribution in [0.15, 0.2) is 30.3 Å². The van der Waals surface area contributed by atoms with Crippen LogP contribution < -0.4 is 5.19 Å².